The van der Waals surface area contributed by atoms with Gasteiger partial charge in [-0.05, 0) is 18.2 Å². The highest BCUT2D eigenvalue weighted by molar-refractivity contribution is 6.31. The second-order valence-electron chi connectivity index (χ2n) is 4.44. The second kappa shape index (κ2) is 4.55. The van der Waals surface area contributed by atoms with Crippen LogP contribution in [0.3, 0.4) is 0 Å². The molecule has 0 spiro atoms. The minimum absolute atomic E-state index is 0.0940. The van der Waals surface area contributed by atoms with Crippen molar-refractivity contribution in [2.24, 2.45) is 0 Å². The molecule has 6 nitrogen and oxygen atoms in total. The quantitative estimate of drug-likeness (QED) is 0.794. The molecule has 2 N–H and O–H groups in total. The molecule has 0 saturated heterocycles. The summed E-state index contributed by atoms with van der Waals surface area (Å²) in [5.74, 6) is 0.693. The van der Waals surface area contributed by atoms with Crippen molar-refractivity contribution >= 4 is 23.2 Å². The fourth-order valence-corrected chi connectivity index (χ4v) is 2.40. The van der Waals surface area contributed by atoms with E-state index in [1.54, 1.807) is 29.4 Å². The number of benzene rings is 1. The standard InChI is InChI=1S/C12H12ClN5O/c13-9-3-8(4-10(14)5-9)12(19)17-1-2-18-7-15-16-11(18)6-17/h3-5,7H,1-2,6,14H2. The first kappa shape index (κ1) is 12.0. The van der Waals surface area contributed by atoms with E-state index >= 15 is 0 Å². The van der Waals surface area contributed by atoms with Gasteiger partial charge in [-0.25, -0.2) is 0 Å². The summed E-state index contributed by atoms with van der Waals surface area (Å²) in [6.07, 6.45) is 1.68. The molecule has 1 aromatic heterocycles. The number of amides is 1. The van der Waals surface area contributed by atoms with Crippen molar-refractivity contribution in [2.45, 2.75) is 13.1 Å². The van der Waals surface area contributed by atoms with Crippen LogP contribution < -0.4 is 5.73 Å². The van der Waals surface area contributed by atoms with E-state index in [0.29, 0.717) is 35.9 Å². The van der Waals surface area contributed by atoms with Gasteiger partial charge in [-0.15, -0.1) is 10.2 Å². The highest BCUT2D eigenvalue weighted by atomic mass is 35.5. The Bertz CT molecular complexity index is 619. The number of fused-ring (bicyclic) bond motifs is 1. The van der Waals surface area contributed by atoms with Gasteiger partial charge in [0.1, 0.15) is 6.33 Å². The van der Waals surface area contributed by atoms with E-state index in [4.69, 9.17) is 17.3 Å². The number of nitrogens with two attached hydrogens (primary N) is 1. The van der Waals surface area contributed by atoms with Crippen LogP contribution in [0, 0.1) is 0 Å². The van der Waals surface area contributed by atoms with Crippen LogP contribution in [0.2, 0.25) is 5.02 Å². The van der Waals surface area contributed by atoms with Crippen LogP contribution in [0.4, 0.5) is 5.69 Å². The Morgan fingerprint density at radius 1 is 1.32 bits per heavy atom. The van der Waals surface area contributed by atoms with E-state index in [1.807, 2.05) is 4.57 Å². The molecule has 3 rings (SSSR count). The van der Waals surface area contributed by atoms with Crippen LogP contribution in [-0.2, 0) is 13.1 Å². The predicted octanol–water partition coefficient (Wildman–Crippen LogP) is 1.17. The molecule has 2 heterocycles. The summed E-state index contributed by atoms with van der Waals surface area (Å²) in [7, 11) is 0. The zero-order valence-corrected chi connectivity index (χ0v) is 10.8. The zero-order valence-electron chi connectivity index (χ0n) is 10.1. The van der Waals surface area contributed by atoms with Gasteiger partial charge in [0, 0.05) is 29.4 Å². The van der Waals surface area contributed by atoms with Crippen LogP contribution in [0.1, 0.15) is 16.2 Å². The number of halogens is 1. The number of aromatic nitrogens is 3. The molecule has 19 heavy (non-hydrogen) atoms. The molecular weight excluding hydrogens is 266 g/mol. The smallest absolute Gasteiger partial charge is 0.254 e. The third kappa shape index (κ3) is 2.26. The average molecular weight is 278 g/mol. The van der Waals surface area contributed by atoms with Crippen molar-refractivity contribution < 1.29 is 4.79 Å². The lowest BCUT2D eigenvalue weighted by Gasteiger charge is -2.27. The van der Waals surface area contributed by atoms with Crippen molar-refractivity contribution in [2.75, 3.05) is 12.3 Å². The fourth-order valence-electron chi connectivity index (χ4n) is 2.16. The molecule has 1 aliphatic heterocycles. The molecule has 1 amide bonds. The highest BCUT2D eigenvalue weighted by Gasteiger charge is 2.23. The molecule has 7 heteroatoms. The predicted molar refractivity (Wildman–Crippen MR) is 70.6 cm³/mol. The van der Waals surface area contributed by atoms with E-state index in [0.717, 1.165) is 5.82 Å². The number of hydrogen-bond donors (Lipinski definition) is 1. The summed E-state index contributed by atoms with van der Waals surface area (Å²) in [4.78, 5) is 14.1. The van der Waals surface area contributed by atoms with Gasteiger partial charge in [0.2, 0.25) is 0 Å². The van der Waals surface area contributed by atoms with E-state index in [1.165, 1.54) is 0 Å². The monoisotopic (exact) mass is 277 g/mol. The van der Waals surface area contributed by atoms with Gasteiger partial charge in [-0.3, -0.25) is 4.79 Å². The van der Waals surface area contributed by atoms with Crippen molar-refractivity contribution in [3.8, 4) is 0 Å². The minimum atomic E-state index is -0.0940. The van der Waals surface area contributed by atoms with E-state index in [-0.39, 0.29) is 5.91 Å². The van der Waals surface area contributed by atoms with Crippen LogP contribution in [0.25, 0.3) is 0 Å². The maximum Gasteiger partial charge on any atom is 0.254 e. The molecule has 2 aromatic rings. The highest BCUT2D eigenvalue weighted by Crippen LogP contribution is 2.19. The number of anilines is 1. The summed E-state index contributed by atoms with van der Waals surface area (Å²) >= 11 is 5.92. The molecule has 0 fully saturated rings. The average Bonchev–Trinajstić information content (AvgIpc) is 2.83. The molecule has 1 aromatic carbocycles. The van der Waals surface area contributed by atoms with Gasteiger partial charge >= 0.3 is 0 Å². The van der Waals surface area contributed by atoms with Crippen LogP contribution in [0.5, 0.6) is 0 Å². The lowest BCUT2D eigenvalue weighted by molar-refractivity contribution is 0.0707. The molecule has 1 aliphatic rings. The third-order valence-electron chi connectivity index (χ3n) is 3.09. The number of rotatable bonds is 1. The Hall–Kier alpha value is -2.08. The van der Waals surface area contributed by atoms with Crippen molar-refractivity contribution in [3.05, 3.63) is 40.9 Å². The van der Waals surface area contributed by atoms with E-state index in [9.17, 15) is 4.79 Å². The fraction of sp³-hybridized carbons (Fsp3) is 0.250. The van der Waals surface area contributed by atoms with Crippen molar-refractivity contribution in [1.29, 1.82) is 0 Å². The van der Waals surface area contributed by atoms with Crippen LogP contribution >= 0.6 is 11.6 Å². The number of carbonyl (C=O) groups is 1. The SMILES string of the molecule is Nc1cc(Cl)cc(C(=O)N2CCn3cnnc3C2)c1. The summed E-state index contributed by atoms with van der Waals surface area (Å²) in [5, 5.41) is 8.28. The summed E-state index contributed by atoms with van der Waals surface area (Å²) < 4.78 is 1.94. The molecule has 0 saturated carbocycles. The molecule has 0 atom stereocenters. The third-order valence-corrected chi connectivity index (χ3v) is 3.31. The van der Waals surface area contributed by atoms with E-state index < -0.39 is 0 Å². The van der Waals surface area contributed by atoms with Crippen molar-refractivity contribution in [3.63, 3.8) is 0 Å². The largest absolute Gasteiger partial charge is 0.399 e. The van der Waals surface area contributed by atoms with Gasteiger partial charge in [-0.2, -0.15) is 0 Å². The number of hydrogen-bond acceptors (Lipinski definition) is 4. The minimum Gasteiger partial charge on any atom is -0.399 e. The Kier molecular flexibility index (Phi) is 2.87. The van der Waals surface area contributed by atoms with Crippen molar-refractivity contribution in [1.82, 2.24) is 19.7 Å². The maximum atomic E-state index is 12.4. The lowest BCUT2D eigenvalue weighted by atomic mass is 10.1. The Morgan fingerprint density at radius 2 is 2.16 bits per heavy atom. The maximum absolute atomic E-state index is 12.4. The topological polar surface area (TPSA) is 77.0 Å². The molecular formula is C12H12ClN5O. The number of carbonyl (C=O) groups excluding carboxylic acids is 1. The van der Waals surface area contributed by atoms with Crippen LogP contribution in [0.15, 0.2) is 24.5 Å². The normalized spacial score (nSPS) is 14.3. The first-order chi connectivity index (χ1) is 9.13. The van der Waals surface area contributed by atoms with Gasteiger partial charge in [-0.1, -0.05) is 11.6 Å². The molecule has 98 valence electrons. The molecule has 0 unspecified atom stereocenters. The second-order valence-corrected chi connectivity index (χ2v) is 4.88. The molecule has 0 bridgehead atoms. The molecule has 0 aliphatic carbocycles. The van der Waals surface area contributed by atoms with E-state index in [2.05, 4.69) is 10.2 Å². The van der Waals surface area contributed by atoms with Gasteiger partial charge in [0.05, 0.1) is 6.54 Å². The van der Waals surface area contributed by atoms with Gasteiger partial charge in [0.15, 0.2) is 5.82 Å². The summed E-state index contributed by atoms with van der Waals surface area (Å²) in [6, 6.07) is 4.87. The number of nitrogen functional groups attached to an aromatic ring is 1. The summed E-state index contributed by atoms with van der Waals surface area (Å²) in [5.41, 5.74) is 6.69. The first-order valence-electron chi connectivity index (χ1n) is 5.85. The lowest BCUT2D eigenvalue weighted by Crippen LogP contribution is -2.38. The zero-order chi connectivity index (χ0) is 13.4. The number of nitrogens with zero attached hydrogens (tertiary/aromatic N) is 4. The van der Waals surface area contributed by atoms with Gasteiger partial charge in [0.25, 0.3) is 5.91 Å². The summed E-state index contributed by atoms with van der Waals surface area (Å²) in [6.45, 7) is 1.77. The Morgan fingerprint density at radius 3 is 2.95 bits per heavy atom. The molecule has 0 radical (unpaired) electrons. The van der Waals surface area contributed by atoms with Gasteiger partial charge < -0.3 is 15.2 Å². The Balaban J connectivity index is 1.85. The first-order valence-corrected chi connectivity index (χ1v) is 6.23. The Labute approximate surface area is 114 Å². The van der Waals surface area contributed by atoms with Crippen LogP contribution in [-0.4, -0.2) is 32.1 Å².